The van der Waals surface area contributed by atoms with Crippen molar-refractivity contribution in [2.24, 2.45) is 5.41 Å². The van der Waals surface area contributed by atoms with Crippen molar-refractivity contribution in [2.75, 3.05) is 20.2 Å². The Morgan fingerprint density at radius 2 is 1.86 bits per heavy atom. The van der Waals surface area contributed by atoms with Gasteiger partial charge in [0.25, 0.3) is 6.47 Å². The first-order chi connectivity index (χ1) is 14.1. The molecule has 1 saturated heterocycles. The molecule has 1 heterocycles. The zero-order valence-corrected chi connectivity index (χ0v) is 17.6. The van der Waals surface area contributed by atoms with Crippen LogP contribution in [0.15, 0.2) is 48.5 Å². The predicted octanol–water partition coefficient (Wildman–Crippen LogP) is 5.14. The average Bonchev–Trinajstić information content (AvgIpc) is 3.10. The Balaban J connectivity index is 0.000000755. The topological polar surface area (TPSA) is 49.8 Å². The molecule has 0 aromatic heterocycles. The number of rotatable bonds is 4. The molecule has 0 radical (unpaired) electrons. The van der Waals surface area contributed by atoms with Crippen LogP contribution in [0.1, 0.15) is 43.2 Å². The molecule has 2 aliphatic rings. The molecule has 2 fully saturated rings. The van der Waals surface area contributed by atoms with Gasteiger partial charge in [0.2, 0.25) is 0 Å². The first-order valence-electron chi connectivity index (χ1n) is 10.6. The van der Waals surface area contributed by atoms with E-state index in [2.05, 4.69) is 60.4 Å². The van der Waals surface area contributed by atoms with Gasteiger partial charge in [-0.3, -0.25) is 9.69 Å². The van der Waals surface area contributed by atoms with Crippen LogP contribution in [-0.4, -0.2) is 42.8 Å². The van der Waals surface area contributed by atoms with Gasteiger partial charge in [0, 0.05) is 25.6 Å². The highest BCUT2D eigenvalue weighted by atomic mass is 16.5. The van der Waals surface area contributed by atoms with E-state index in [0.717, 1.165) is 6.54 Å². The summed E-state index contributed by atoms with van der Waals surface area (Å²) in [6.45, 7) is 5.38. The summed E-state index contributed by atoms with van der Waals surface area (Å²) < 4.78 is 5.85. The molecule has 2 aromatic rings. The summed E-state index contributed by atoms with van der Waals surface area (Å²) >= 11 is 0. The maximum atomic E-state index is 8.36. The molecule has 4 nitrogen and oxygen atoms in total. The van der Waals surface area contributed by atoms with Crippen LogP contribution < -0.4 is 0 Å². The van der Waals surface area contributed by atoms with Crippen molar-refractivity contribution in [3.05, 3.63) is 59.7 Å². The van der Waals surface area contributed by atoms with Crippen molar-refractivity contribution >= 4 is 6.47 Å². The third-order valence-corrected chi connectivity index (χ3v) is 6.51. The van der Waals surface area contributed by atoms with E-state index in [9.17, 15) is 0 Å². The quantitative estimate of drug-likeness (QED) is 0.728. The Kier molecular flexibility index (Phi) is 7.45. The molecule has 0 amide bonds. The summed E-state index contributed by atoms with van der Waals surface area (Å²) in [6.07, 6.45) is 7.03. The number of hydrogen-bond donors (Lipinski definition) is 1. The minimum absolute atomic E-state index is 0.250. The van der Waals surface area contributed by atoms with Gasteiger partial charge in [-0.25, -0.2) is 0 Å². The van der Waals surface area contributed by atoms with Gasteiger partial charge >= 0.3 is 0 Å². The fourth-order valence-corrected chi connectivity index (χ4v) is 5.22. The van der Waals surface area contributed by atoms with Crippen molar-refractivity contribution in [1.29, 1.82) is 0 Å². The molecule has 156 valence electrons. The number of benzene rings is 2. The summed E-state index contributed by atoms with van der Waals surface area (Å²) in [5.41, 5.74) is 5.76. The van der Waals surface area contributed by atoms with Gasteiger partial charge in [-0.2, -0.15) is 0 Å². The van der Waals surface area contributed by atoms with Crippen LogP contribution in [-0.2, 0) is 16.1 Å². The third kappa shape index (κ3) is 5.26. The number of carbonyl (C=O) groups is 1. The van der Waals surface area contributed by atoms with Crippen LogP contribution in [0.25, 0.3) is 11.1 Å². The lowest BCUT2D eigenvalue weighted by molar-refractivity contribution is -0.122. The molecule has 1 saturated carbocycles. The number of methoxy groups -OCH3 is 1. The molecule has 2 atom stereocenters. The van der Waals surface area contributed by atoms with Crippen LogP contribution in [0.5, 0.6) is 0 Å². The lowest BCUT2D eigenvalue weighted by Gasteiger charge is -2.43. The fraction of sp³-hybridized carbons (Fsp3) is 0.480. The number of likely N-dealkylation sites (tertiary alicyclic amines) is 1. The normalized spacial score (nSPS) is 24.1. The number of ether oxygens (including phenoxy) is 1. The van der Waals surface area contributed by atoms with E-state index in [1.54, 1.807) is 0 Å². The maximum absolute atomic E-state index is 8.36. The van der Waals surface area contributed by atoms with Gasteiger partial charge in [0.1, 0.15) is 0 Å². The summed E-state index contributed by atoms with van der Waals surface area (Å²) in [7, 11) is 1.90. The largest absolute Gasteiger partial charge is 0.483 e. The van der Waals surface area contributed by atoms with Crippen molar-refractivity contribution in [3.8, 4) is 11.1 Å². The third-order valence-electron chi connectivity index (χ3n) is 6.51. The summed E-state index contributed by atoms with van der Waals surface area (Å²) in [5, 5.41) is 6.89. The highest BCUT2D eigenvalue weighted by molar-refractivity contribution is 5.64. The van der Waals surface area contributed by atoms with Crippen LogP contribution in [0.4, 0.5) is 0 Å². The molecular weight excluding hydrogens is 362 g/mol. The first-order valence-corrected chi connectivity index (χ1v) is 10.6. The zero-order chi connectivity index (χ0) is 20.7. The Bertz CT molecular complexity index is 789. The highest BCUT2D eigenvalue weighted by Crippen LogP contribution is 2.46. The Morgan fingerprint density at radius 1 is 1.14 bits per heavy atom. The van der Waals surface area contributed by atoms with Crippen LogP contribution in [0.2, 0.25) is 0 Å². The molecule has 0 unspecified atom stereocenters. The number of carboxylic acid groups (broad SMARTS) is 1. The maximum Gasteiger partial charge on any atom is 0.290 e. The molecule has 1 aliphatic carbocycles. The SMILES string of the molecule is CO[C@@H]1CCC[C@]12CCCN(Cc1ccc(-c3cccc(C)c3)cc1)C2.O=CO. The van der Waals surface area contributed by atoms with Gasteiger partial charge < -0.3 is 9.84 Å². The Labute approximate surface area is 174 Å². The molecule has 1 N–H and O–H groups in total. The van der Waals surface area contributed by atoms with E-state index < -0.39 is 0 Å². The van der Waals surface area contributed by atoms with Gasteiger partial charge in [0.15, 0.2) is 0 Å². The second-order valence-electron chi connectivity index (χ2n) is 8.46. The molecule has 4 heteroatoms. The number of nitrogens with zero attached hydrogens (tertiary/aromatic N) is 1. The van der Waals surface area contributed by atoms with Crippen LogP contribution in [0, 0.1) is 12.3 Å². The first kappa shape index (κ1) is 21.5. The van der Waals surface area contributed by atoms with Crippen LogP contribution >= 0.6 is 0 Å². The van der Waals surface area contributed by atoms with E-state index in [0.29, 0.717) is 11.5 Å². The van der Waals surface area contributed by atoms with Gasteiger partial charge in [0.05, 0.1) is 6.10 Å². The monoisotopic (exact) mass is 395 g/mol. The van der Waals surface area contributed by atoms with Gasteiger partial charge in [-0.15, -0.1) is 0 Å². The smallest absolute Gasteiger partial charge is 0.290 e. The lowest BCUT2D eigenvalue weighted by Crippen LogP contribution is -2.47. The second kappa shape index (κ2) is 10.0. The minimum Gasteiger partial charge on any atom is -0.483 e. The number of hydrogen-bond acceptors (Lipinski definition) is 3. The van der Waals surface area contributed by atoms with Gasteiger partial charge in [-0.1, -0.05) is 60.5 Å². The van der Waals surface area contributed by atoms with Gasteiger partial charge in [-0.05, 0) is 55.8 Å². The van der Waals surface area contributed by atoms with E-state index in [1.807, 2.05) is 7.11 Å². The van der Waals surface area contributed by atoms with Crippen molar-refractivity contribution in [2.45, 2.75) is 51.7 Å². The highest BCUT2D eigenvalue weighted by Gasteiger charge is 2.45. The van der Waals surface area contributed by atoms with Crippen molar-refractivity contribution < 1.29 is 14.6 Å². The van der Waals surface area contributed by atoms with E-state index in [4.69, 9.17) is 14.6 Å². The fourth-order valence-electron chi connectivity index (χ4n) is 5.22. The number of aryl methyl sites for hydroxylation is 1. The molecule has 2 aromatic carbocycles. The molecule has 1 aliphatic heterocycles. The molecule has 0 bridgehead atoms. The number of piperidine rings is 1. The van der Waals surface area contributed by atoms with E-state index in [1.165, 1.54) is 67.4 Å². The van der Waals surface area contributed by atoms with Crippen LogP contribution in [0.3, 0.4) is 0 Å². The average molecular weight is 396 g/mol. The summed E-state index contributed by atoms with van der Waals surface area (Å²) in [6, 6.07) is 17.9. The van der Waals surface area contributed by atoms with E-state index >= 15 is 0 Å². The van der Waals surface area contributed by atoms with E-state index in [-0.39, 0.29) is 6.47 Å². The molecule has 4 rings (SSSR count). The summed E-state index contributed by atoms with van der Waals surface area (Å²) in [4.78, 5) is 11.0. The standard InChI is InChI=1S/C24H31NO.CH2O2/c1-19-6-3-7-22(16-19)21-11-9-20(10-12-21)17-25-15-5-14-24(18-25)13-4-8-23(24)26-2;2-1-3/h3,6-7,9-12,16,23H,4-5,8,13-15,17-18H2,1-2H3;1H,(H,2,3)/t23-,24-;/m1./s1. The molecule has 1 spiro atoms. The Hall–Kier alpha value is -2.17. The minimum atomic E-state index is -0.250. The Morgan fingerprint density at radius 3 is 2.55 bits per heavy atom. The van der Waals surface area contributed by atoms with Crippen molar-refractivity contribution in [3.63, 3.8) is 0 Å². The van der Waals surface area contributed by atoms with Crippen molar-refractivity contribution in [1.82, 2.24) is 4.90 Å². The summed E-state index contributed by atoms with van der Waals surface area (Å²) in [5.74, 6) is 0. The zero-order valence-electron chi connectivity index (χ0n) is 17.6. The molecular formula is C25H33NO3. The molecule has 29 heavy (non-hydrogen) atoms. The predicted molar refractivity (Wildman–Crippen MR) is 117 cm³/mol. The second-order valence-corrected chi connectivity index (χ2v) is 8.46. The lowest BCUT2D eigenvalue weighted by atomic mass is 9.76.